The van der Waals surface area contributed by atoms with E-state index in [0.29, 0.717) is 5.71 Å². The third kappa shape index (κ3) is 3.79. The molecule has 144 valence electrons. The number of hydrogen-bond donors (Lipinski definition) is 1. The molecule has 0 spiro atoms. The van der Waals surface area contributed by atoms with E-state index in [-0.39, 0.29) is 29.4 Å². The molecule has 0 amide bonds. The number of hydrogen-bond acceptors (Lipinski definition) is 6. The van der Waals surface area contributed by atoms with E-state index < -0.39 is 15.8 Å². The van der Waals surface area contributed by atoms with Crippen LogP contribution in [0, 0.1) is 26.1 Å². The zero-order valence-corrected chi connectivity index (χ0v) is 15.3. The molecule has 0 saturated carbocycles. The maximum atomic E-state index is 12.2. The molecule has 1 heterocycles. The zero-order chi connectivity index (χ0) is 20.4. The number of carbonyl (C=O) groups excluding carboxylic acids is 1. The van der Waals surface area contributed by atoms with Gasteiger partial charge in [0.25, 0.3) is 11.4 Å². The van der Waals surface area contributed by atoms with Crippen molar-refractivity contribution in [2.24, 2.45) is 10.9 Å². The van der Waals surface area contributed by atoms with Crippen molar-refractivity contribution in [3.8, 4) is 0 Å². The number of aliphatic imine (C=N–C) groups is 1. The van der Waals surface area contributed by atoms with Gasteiger partial charge in [0, 0.05) is 41.1 Å². The van der Waals surface area contributed by atoms with Gasteiger partial charge in [-0.15, -0.1) is 0 Å². The number of nitro benzene ring substituents is 2. The first kappa shape index (κ1) is 19.3. The summed E-state index contributed by atoms with van der Waals surface area (Å²) in [6.07, 6.45) is -0.364. The molecule has 3 rings (SSSR count). The van der Waals surface area contributed by atoms with Crippen molar-refractivity contribution < 1.29 is 20.0 Å². The Hall–Kier alpha value is -3.46. The Morgan fingerprint density at radius 3 is 1.82 bits per heavy atom. The molecule has 1 aliphatic rings. The number of rotatable bonds is 5. The van der Waals surface area contributed by atoms with Crippen LogP contribution >= 0.6 is 0 Å². The lowest BCUT2D eigenvalue weighted by Gasteiger charge is -2.31. The third-order valence-corrected chi connectivity index (χ3v) is 4.91. The van der Waals surface area contributed by atoms with Crippen LogP contribution in [0.25, 0.3) is 0 Å². The summed E-state index contributed by atoms with van der Waals surface area (Å²) >= 11 is 0. The van der Waals surface area contributed by atoms with Gasteiger partial charge >= 0.3 is 0 Å². The van der Waals surface area contributed by atoms with E-state index in [9.17, 15) is 25.0 Å². The van der Waals surface area contributed by atoms with Gasteiger partial charge < -0.3 is 5.32 Å². The number of ketones is 1. The van der Waals surface area contributed by atoms with Crippen LogP contribution in [0.3, 0.4) is 0 Å². The summed E-state index contributed by atoms with van der Waals surface area (Å²) in [5.74, 6) is -0.487. The molecule has 0 aromatic heterocycles. The van der Waals surface area contributed by atoms with E-state index in [1.165, 1.54) is 31.2 Å². The molecule has 28 heavy (non-hydrogen) atoms. The average Bonchev–Trinajstić information content (AvgIpc) is 2.67. The summed E-state index contributed by atoms with van der Waals surface area (Å²) in [6, 6.07) is 12.0. The van der Waals surface area contributed by atoms with Crippen LogP contribution in [0.5, 0.6) is 0 Å². The monoisotopic (exact) mass is 383 g/mol. The predicted molar refractivity (Wildman–Crippen MR) is 101 cm³/mol. The van der Waals surface area contributed by atoms with Gasteiger partial charge in [0.05, 0.1) is 9.85 Å². The zero-order valence-electron chi connectivity index (χ0n) is 15.3. The van der Waals surface area contributed by atoms with E-state index in [1.807, 2.05) is 5.32 Å². The van der Waals surface area contributed by atoms with E-state index in [2.05, 4.69) is 4.99 Å². The van der Waals surface area contributed by atoms with Crippen LogP contribution in [0.1, 0.15) is 37.2 Å². The van der Waals surface area contributed by atoms with Crippen LogP contribution in [0.15, 0.2) is 53.5 Å². The average molecular weight is 383 g/mol. The van der Waals surface area contributed by atoms with E-state index in [4.69, 9.17) is 0 Å². The SMILES string of the molecule is CC(=O)C1C(C)=N[C@@H](c2ccc([N+](=O)[O-])cc2)[NH2+][C@H]1c1ccc([N+](=O)[O-])cc1. The Bertz CT molecular complexity index is 953. The van der Waals surface area contributed by atoms with Gasteiger partial charge in [-0.1, -0.05) is 0 Å². The molecular weight excluding hydrogens is 364 g/mol. The first-order valence-electron chi connectivity index (χ1n) is 8.66. The van der Waals surface area contributed by atoms with Crippen molar-refractivity contribution >= 4 is 22.9 Å². The van der Waals surface area contributed by atoms with Gasteiger partial charge in [0.15, 0.2) is 0 Å². The predicted octanol–water partition coefficient (Wildman–Crippen LogP) is 2.49. The first-order chi connectivity index (χ1) is 13.3. The molecule has 2 aromatic rings. The molecule has 2 N–H and O–H groups in total. The van der Waals surface area contributed by atoms with E-state index >= 15 is 0 Å². The molecule has 9 nitrogen and oxygen atoms in total. The molecular formula is C19H19N4O5+. The summed E-state index contributed by atoms with van der Waals surface area (Å²) in [5.41, 5.74) is 2.21. The molecule has 3 atom stereocenters. The minimum absolute atomic E-state index is 0.00575. The van der Waals surface area contributed by atoms with Crippen LogP contribution in [0.4, 0.5) is 11.4 Å². The van der Waals surface area contributed by atoms with E-state index in [0.717, 1.165) is 11.1 Å². The molecule has 0 saturated heterocycles. The van der Waals surface area contributed by atoms with Crippen LogP contribution in [-0.4, -0.2) is 21.3 Å². The Morgan fingerprint density at radius 2 is 1.39 bits per heavy atom. The Balaban J connectivity index is 1.96. The van der Waals surface area contributed by atoms with Gasteiger partial charge in [0.2, 0.25) is 6.17 Å². The lowest BCUT2D eigenvalue weighted by molar-refractivity contribution is -0.738. The maximum absolute atomic E-state index is 12.2. The van der Waals surface area contributed by atoms with Crippen molar-refractivity contribution in [2.45, 2.75) is 26.1 Å². The summed E-state index contributed by atoms with van der Waals surface area (Å²) in [7, 11) is 0. The Labute approximate surface area is 160 Å². The number of Topliss-reactive ketones (excluding diaryl/α,β-unsaturated/α-hetero) is 1. The molecule has 1 unspecified atom stereocenters. The van der Waals surface area contributed by atoms with Crippen molar-refractivity contribution in [1.29, 1.82) is 0 Å². The number of non-ortho nitro benzene ring substituents is 2. The second-order valence-electron chi connectivity index (χ2n) is 6.72. The standard InChI is InChI=1S/C19H18N4O5/c1-11-17(12(2)24)18(13-3-7-15(8-4-13)22(25)26)21-19(20-11)14-5-9-16(10-6-14)23(27)28/h3-10,17-19,21H,1-2H3/p+1/t17?,18-,19+/m0/s1. The number of quaternary nitrogens is 1. The highest BCUT2D eigenvalue weighted by Crippen LogP contribution is 2.29. The summed E-state index contributed by atoms with van der Waals surface area (Å²) in [4.78, 5) is 37.7. The summed E-state index contributed by atoms with van der Waals surface area (Å²) in [5, 5.41) is 23.7. The van der Waals surface area contributed by atoms with E-state index in [1.54, 1.807) is 31.2 Å². The fourth-order valence-corrected chi connectivity index (χ4v) is 3.56. The fourth-order valence-electron chi connectivity index (χ4n) is 3.56. The van der Waals surface area contributed by atoms with Crippen molar-refractivity contribution in [3.63, 3.8) is 0 Å². The Kier molecular flexibility index (Phi) is 5.27. The van der Waals surface area contributed by atoms with Crippen molar-refractivity contribution in [3.05, 3.63) is 79.9 Å². The third-order valence-electron chi connectivity index (χ3n) is 4.91. The normalized spacial score (nSPS) is 21.6. The molecule has 0 aliphatic carbocycles. The van der Waals surface area contributed by atoms with Crippen molar-refractivity contribution in [2.75, 3.05) is 0 Å². The number of nitrogens with two attached hydrogens (primary N) is 1. The van der Waals surface area contributed by atoms with Crippen LogP contribution in [-0.2, 0) is 4.79 Å². The van der Waals surface area contributed by atoms with Crippen LogP contribution in [0.2, 0.25) is 0 Å². The molecule has 2 aromatic carbocycles. The van der Waals surface area contributed by atoms with Gasteiger partial charge in [-0.05, 0) is 38.1 Å². The molecule has 1 aliphatic heterocycles. The van der Waals surface area contributed by atoms with Crippen molar-refractivity contribution in [1.82, 2.24) is 0 Å². The lowest BCUT2D eigenvalue weighted by Crippen LogP contribution is -2.89. The van der Waals surface area contributed by atoms with Gasteiger partial charge in [0.1, 0.15) is 17.7 Å². The minimum atomic E-state index is -0.469. The highest BCUT2D eigenvalue weighted by Gasteiger charge is 2.39. The smallest absolute Gasteiger partial charge is 0.269 e. The number of carbonyl (C=O) groups is 1. The fraction of sp³-hybridized carbons (Fsp3) is 0.263. The maximum Gasteiger partial charge on any atom is 0.269 e. The molecule has 0 bridgehead atoms. The number of nitro groups is 2. The lowest BCUT2D eigenvalue weighted by atomic mass is 9.84. The second kappa shape index (κ2) is 7.65. The second-order valence-corrected chi connectivity index (χ2v) is 6.72. The topological polar surface area (TPSA) is 132 Å². The van der Waals surface area contributed by atoms with Crippen LogP contribution < -0.4 is 5.32 Å². The molecule has 0 fully saturated rings. The number of nitrogens with zero attached hydrogens (tertiary/aromatic N) is 3. The highest BCUT2D eigenvalue weighted by atomic mass is 16.6. The minimum Gasteiger partial charge on any atom is -0.314 e. The molecule has 0 radical (unpaired) electrons. The summed E-state index contributed by atoms with van der Waals surface area (Å²) in [6.45, 7) is 3.29. The highest BCUT2D eigenvalue weighted by molar-refractivity contribution is 6.04. The molecule has 9 heteroatoms. The quantitative estimate of drug-likeness (QED) is 0.625. The van der Waals surface area contributed by atoms with Gasteiger partial charge in [-0.2, -0.15) is 0 Å². The Morgan fingerprint density at radius 1 is 0.929 bits per heavy atom. The van der Waals surface area contributed by atoms with Gasteiger partial charge in [-0.3, -0.25) is 25.0 Å². The largest absolute Gasteiger partial charge is 0.314 e. The number of benzene rings is 2. The van der Waals surface area contributed by atoms with Gasteiger partial charge in [-0.25, -0.2) is 4.99 Å². The first-order valence-corrected chi connectivity index (χ1v) is 8.66. The summed E-state index contributed by atoms with van der Waals surface area (Å²) < 4.78 is 0.